The molecule has 0 aliphatic rings. The van der Waals surface area contributed by atoms with Crippen LogP contribution < -0.4 is 5.73 Å². The number of benzene rings is 2. The molecule has 0 heterocycles. The van der Waals surface area contributed by atoms with Gasteiger partial charge in [-0.2, -0.15) is 0 Å². The lowest BCUT2D eigenvalue weighted by molar-refractivity contribution is 1.42. The van der Waals surface area contributed by atoms with E-state index < -0.39 is 0 Å². The largest absolute Gasteiger partial charge is 0.384 e. The molecule has 17 heavy (non-hydrogen) atoms. The molecule has 0 fully saturated rings. The van der Waals surface area contributed by atoms with E-state index in [0.29, 0.717) is 10.6 Å². The fourth-order valence-corrected chi connectivity index (χ4v) is 1.86. The summed E-state index contributed by atoms with van der Waals surface area (Å²) in [5, 5.41) is 8.11. The first-order valence-corrected chi connectivity index (χ1v) is 5.52. The van der Waals surface area contributed by atoms with Crippen LogP contribution in [0, 0.1) is 12.3 Å². The number of hydrogen-bond donors (Lipinski definition) is 2. The molecule has 3 N–H and O–H groups in total. The SMILES string of the molecule is [CH2]c1ccc(C(=N)N)cc1-c1cccc(Cl)c1. The van der Waals surface area contributed by atoms with Gasteiger partial charge in [-0.25, -0.2) is 0 Å². The summed E-state index contributed by atoms with van der Waals surface area (Å²) >= 11 is 5.96. The Hall–Kier alpha value is -1.80. The molecule has 0 unspecified atom stereocenters. The minimum Gasteiger partial charge on any atom is -0.384 e. The minimum absolute atomic E-state index is 0.0493. The molecular weight excluding hydrogens is 232 g/mol. The zero-order chi connectivity index (χ0) is 12.4. The molecule has 0 saturated carbocycles. The standard InChI is InChI=1S/C14H12ClN2/c1-9-5-6-11(14(16)17)8-13(9)10-3-2-4-12(15)7-10/h2-8H,1H2,(H3,16,17). The molecule has 0 saturated heterocycles. The number of nitrogen functional groups attached to an aromatic ring is 1. The van der Waals surface area contributed by atoms with Crippen LogP contribution >= 0.6 is 11.6 Å². The Morgan fingerprint density at radius 2 is 1.94 bits per heavy atom. The van der Waals surface area contributed by atoms with Crippen molar-refractivity contribution in [2.75, 3.05) is 0 Å². The monoisotopic (exact) mass is 243 g/mol. The average Bonchev–Trinajstić information content (AvgIpc) is 2.29. The van der Waals surface area contributed by atoms with Gasteiger partial charge in [-0.05, 0) is 41.8 Å². The zero-order valence-corrected chi connectivity index (χ0v) is 9.96. The molecule has 2 rings (SSSR count). The number of rotatable bonds is 2. The highest BCUT2D eigenvalue weighted by Gasteiger charge is 2.05. The van der Waals surface area contributed by atoms with E-state index in [-0.39, 0.29) is 5.84 Å². The van der Waals surface area contributed by atoms with Crippen molar-refractivity contribution < 1.29 is 0 Å². The third kappa shape index (κ3) is 2.48. The van der Waals surface area contributed by atoms with Gasteiger partial charge in [0.2, 0.25) is 0 Å². The van der Waals surface area contributed by atoms with Crippen LogP contribution in [0.4, 0.5) is 0 Å². The molecule has 0 spiro atoms. The number of halogens is 1. The molecule has 2 nitrogen and oxygen atoms in total. The lowest BCUT2D eigenvalue weighted by Gasteiger charge is -2.08. The Bertz CT molecular complexity index is 576. The van der Waals surface area contributed by atoms with Gasteiger partial charge < -0.3 is 5.73 Å². The van der Waals surface area contributed by atoms with Crippen LogP contribution in [0.15, 0.2) is 42.5 Å². The van der Waals surface area contributed by atoms with Crippen molar-refractivity contribution in [3.63, 3.8) is 0 Å². The van der Waals surface area contributed by atoms with Crippen molar-refractivity contribution in [3.8, 4) is 11.1 Å². The van der Waals surface area contributed by atoms with E-state index in [4.69, 9.17) is 22.7 Å². The highest BCUT2D eigenvalue weighted by atomic mass is 35.5. The van der Waals surface area contributed by atoms with Crippen LogP contribution in [0.25, 0.3) is 11.1 Å². The molecular formula is C14H12ClN2. The van der Waals surface area contributed by atoms with Crippen LogP contribution in [0.5, 0.6) is 0 Å². The Balaban J connectivity index is 2.58. The molecule has 1 radical (unpaired) electrons. The van der Waals surface area contributed by atoms with Gasteiger partial charge in [0.25, 0.3) is 0 Å². The maximum Gasteiger partial charge on any atom is 0.122 e. The van der Waals surface area contributed by atoms with E-state index in [1.165, 1.54) is 0 Å². The average molecular weight is 244 g/mol. The van der Waals surface area contributed by atoms with Crippen molar-refractivity contribution >= 4 is 17.4 Å². The molecule has 0 amide bonds. The molecule has 85 valence electrons. The highest BCUT2D eigenvalue weighted by molar-refractivity contribution is 6.30. The summed E-state index contributed by atoms with van der Waals surface area (Å²) in [5.41, 5.74) is 8.97. The van der Waals surface area contributed by atoms with Crippen molar-refractivity contribution in [2.45, 2.75) is 0 Å². The first-order chi connectivity index (χ1) is 8.08. The molecule has 3 heteroatoms. The Kier molecular flexibility index (Phi) is 3.16. The summed E-state index contributed by atoms with van der Waals surface area (Å²) in [6, 6.07) is 13.0. The maximum absolute atomic E-state index is 7.44. The first kappa shape index (κ1) is 11.7. The van der Waals surface area contributed by atoms with E-state index >= 15 is 0 Å². The lowest BCUT2D eigenvalue weighted by Crippen LogP contribution is -2.11. The Morgan fingerprint density at radius 3 is 2.59 bits per heavy atom. The van der Waals surface area contributed by atoms with Gasteiger partial charge >= 0.3 is 0 Å². The highest BCUT2D eigenvalue weighted by Crippen LogP contribution is 2.26. The first-order valence-electron chi connectivity index (χ1n) is 5.14. The van der Waals surface area contributed by atoms with Gasteiger partial charge in [0.05, 0.1) is 0 Å². The molecule has 0 aliphatic heterocycles. The smallest absolute Gasteiger partial charge is 0.122 e. The van der Waals surface area contributed by atoms with E-state index in [2.05, 4.69) is 6.92 Å². The second-order valence-electron chi connectivity index (χ2n) is 3.80. The van der Waals surface area contributed by atoms with Gasteiger partial charge in [-0.15, -0.1) is 0 Å². The van der Waals surface area contributed by atoms with Crippen molar-refractivity contribution in [3.05, 3.63) is 65.5 Å². The quantitative estimate of drug-likeness (QED) is 0.616. The third-order valence-electron chi connectivity index (χ3n) is 2.56. The number of hydrogen-bond acceptors (Lipinski definition) is 1. The molecule has 0 atom stereocenters. The van der Waals surface area contributed by atoms with E-state index in [9.17, 15) is 0 Å². The van der Waals surface area contributed by atoms with Crippen molar-refractivity contribution in [1.29, 1.82) is 5.41 Å². The predicted molar refractivity (Wildman–Crippen MR) is 72.4 cm³/mol. The summed E-state index contributed by atoms with van der Waals surface area (Å²) in [4.78, 5) is 0. The molecule has 0 aliphatic carbocycles. The van der Waals surface area contributed by atoms with Crippen LogP contribution in [-0.2, 0) is 0 Å². The predicted octanol–water partition coefficient (Wildman–Crippen LogP) is 3.47. The van der Waals surface area contributed by atoms with Crippen LogP contribution in [0.2, 0.25) is 5.02 Å². The van der Waals surface area contributed by atoms with Gasteiger partial charge in [-0.3, -0.25) is 5.41 Å². The zero-order valence-electron chi connectivity index (χ0n) is 9.20. The van der Waals surface area contributed by atoms with E-state index in [0.717, 1.165) is 16.7 Å². The van der Waals surface area contributed by atoms with E-state index in [1.54, 1.807) is 6.07 Å². The van der Waals surface area contributed by atoms with Crippen molar-refractivity contribution in [1.82, 2.24) is 0 Å². The van der Waals surface area contributed by atoms with Crippen LogP contribution in [-0.4, -0.2) is 5.84 Å². The van der Waals surface area contributed by atoms with Crippen molar-refractivity contribution in [2.24, 2.45) is 5.73 Å². The molecule has 2 aromatic carbocycles. The van der Waals surface area contributed by atoms with Gasteiger partial charge in [0, 0.05) is 10.6 Å². The Morgan fingerprint density at radius 1 is 1.18 bits per heavy atom. The molecule has 2 aromatic rings. The second-order valence-corrected chi connectivity index (χ2v) is 4.23. The summed E-state index contributed by atoms with van der Waals surface area (Å²) in [6.07, 6.45) is 0. The molecule has 0 bridgehead atoms. The fraction of sp³-hybridized carbons (Fsp3) is 0. The summed E-state index contributed by atoms with van der Waals surface area (Å²) in [6.45, 7) is 3.97. The fourth-order valence-electron chi connectivity index (χ4n) is 1.67. The lowest BCUT2D eigenvalue weighted by atomic mass is 9.98. The number of amidine groups is 1. The van der Waals surface area contributed by atoms with Crippen LogP contribution in [0.1, 0.15) is 11.1 Å². The third-order valence-corrected chi connectivity index (χ3v) is 2.79. The van der Waals surface area contributed by atoms with Gasteiger partial charge in [-0.1, -0.05) is 35.9 Å². The number of nitrogens with one attached hydrogen (secondary N) is 1. The Labute approximate surface area is 106 Å². The maximum atomic E-state index is 7.44. The minimum atomic E-state index is 0.0493. The van der Waals surface area contributed by atoms with Gasteiger partial charge in [0.15, 0.2) is 0 Å². The molecule has 0 aromatic heterocycles. The number of nitrogens with two attached hydrogens (primary N) is 1. The van der Waals surface area contributed by atoms with Gasteiger partial charge in [0.1, 0.15) is 5.84 Å². The summed E-state index contributed by atoms with van der Waals surface area (Å²) in [7, 11) is 0. The summed E-state index contributed by atoms with van der Waals surface area (Å²) < 4.78 is 0. The normalized spacial score (nSPS) is 10.2. The van der Waals surface area contributed by atoms with Crippen LogP contribution in [0.3, 0.4) is 0 Å². The summed E-state index contributed by atoms with van der Waals surface area (Å²) in [5.74, 6) is 0.0493. The van der Waals surface area contributed by atoms with E-state index in [1.807, 2.05) is 36.4 Å². The topological polar surface area (TPSA) is 49.9 Å². The second kappa shape index (κ2) is 4.60.